The summed E-state index contributed by atoms with van der Waals surface area (Å²) in [5.41, 5.74) is 3.19. The molecule has 1 aromatic heterocycles. The van der Waals surface area contributed by atoms with Gasteiger partial charge in [-0.1, -0.05) is 30.3 Å². The Labute approximate surface area is 192 Å². The van der Waals surface area contributed by atoms with Crippen molar-refractivity contribution in [2.75, 3.05) is 13.1 Å². The van der Waals surface area contributed by atoms with Crippen LogP contribution in [0, 0.1) is 6.92 Å². The molecule has 0 radical (unpaired) electrons. The van der Waals surface area contributed by atoms with E-state index in [1.807, 2.05) is 48.7 Å². The van der Waals surface area contributed by atoms with Crippen LogP contribution in [-0.2, 0) is 17.9 Å². The summed E-state index contributed by atoms with van der Waals surface area (Å²) >= 11 is 0. The predicted molar refractivity (Wildman–Crippen MR) is 124 cm³/mol. The van der Waals surface area contributed by atoms with E-state index in [2.05, 4.69) is 10.3 Å². The van der Waals surface area contributed by atoms with E-state index in [0.717, 1.165) is 22.8 Å². The van der Waals surface area contributed by atoms with Gasteiger partial charge in [0.1, 0.15) is 5.82 Å². The first-order chi connectivity index (χ1) is 16.0. The van der Waals surface area contributed by atoms with Crippen LogP contribution in [0.15, 0.2) is 60.8 Å². The Morgan fingerprint density at radius 1 is 1.03 bits per heavy atom. The van der Waals surface area contributed by atoms with Crippen molar-refractivity contribution >= 4 is 17.8 Å². The minimum atomic E-state index is -0.322. The number of carbonyl (C=O) groups is 3. The number of imidazole rings is 1. The van der Waals surface area contributed by atoms with Gasteiger partial charge in [-0.2, -0.15) is 0 Å². The van der Waals surface area contributed by atoms with Gasteiger partial charge >= 0.3 is 6.03 Å². The lowest BCUT2D eigenvalue weighted by Crippen LogP contribution is -2.51. The Kier molecular flexibility index (Phi) is 6.53. The monoisotopic (exact) mass is 445 g/mol. The maximum absolute atomic E-state index is 13.2. The molecular weight excluding hydrogens is 418 g/mol. The predicted octanol–water partition coefficient (Wildman–Crippen LogP) is 3.28. The molecule has 1 fully saturated rings. The molecule has 4 rings (SSSR count). The van der Waals surface area contributed by atoms with Gasteiger partial charge in [-0.15, -0.1) is 0 Å². The van der Waals surface area contributed by atoms with Crippen molar-refractivity contribution in [3.8, 4) is 5.69 Å². The van der Waals surface area contributed by atoms with Gasteiger partial charge < -0.3 is 10.2 Å². The van der Waals surface area contributed by atoms with Gasteiger partial charge in [0.05, 0.1) is 25.0 Å². The number of nitrogens with one attached hydrogen (secondary N) is 1. The first kappa shape index (κ1) is 22.3. The zero-order valence-electron chi connectivity index (χ0n) is 18.8. The Bertz CT molecular complexity index is 1150. The smallest absolute Gasteiger partial charge is 0.327 e. The molecule has 1 aliphatic rings. The highest BCUT2D eigenvalue weighted by Crippen LogP contribution is 2.21. The van der Waals surface area contributed by atoms with Crippen molar-refractivity contribution in [1.82, 2.24) is 24.7 Å². The molecule has 8 nitrogen and oxygen atoms in total. The van der Waals surface area contributed by atoms with Gasteiger partial charge in [0.25, 0.3) is 5.91 Å². The van der Waals surface area contributed by atoms with Gasteiger partial charge in [0.15, 0.2) is 0 Å². The number of imide groups is 1. The fourth-order valence-electron chi connectivity index (χ4n) is 3.98. The summed E-state index contributed by atoms with van der Waals surface area (Å²) in [7, 11) is 0. The molecular formula is C25H27N5O3. The van der Waals surface area contributed by atoms with E-state index >= 15 is 0 Å². The topological polar surface area (TPSA) is 87.5 Å². The van der Waals surface area contributed by atoms with Crippen LogP contribution in [-0.4, -0.2) is 50.3 Å². The summed E-state index contributed by atoms with van der Waals surface area (Å²) in [6, 6.07) is 16.5. The molecule has 1 N–H and O–H groups in total. The van der Waals surface area contributed by atoms with Crippen LogP contribution in [0.1, 0.15) is 40.8 Å². The minimum absolute atomic E-state index is 0.148. The second-order valence-electron chi connectivity index (χ2n) is 7.96. The molecule has 2 heterocycles. The molecule has 3 aromatic rings. The molecule has 2 aromatic carbocycles. The fraction of sp³-hybridized carbons (Fsp3) is 0.280. The molecule has 8 heteroatoms. The lowest BCUT2D eigenvalue weighted by molar-refractivity contribution is -0.131. The van der Waals surface area contributed by atoms with Crippen molar-refractivity contribution in [3.05, 3.63) is 83.4 Å². The number of carbonyl (C=O) groups excluding carboxylic acids is 3. The van der Waals surface area contributed by atoms with Gasteiger partial charge in [-0.05, 0) is 43.7 Å². The Balaban J connectivity index is 1.49. The Morgan fingerprint density at radius 3 is 2.45 bits per heavy atom. The van der Waals surface area contributed by atoms with Crippen LogP contribution in [0.3, 0.4) is 0 Å². The third kappa shape index (κ3) is 4.79. The minimum Gasteiger partial charge on any atom is -0.352 e. The lowest BCUT2D eigenvalue weighted by atomic mass is 10.1. The van der Waals surface area contributed by atoms with Crippen LogP contribution < -0.4 is 5.32 Å². The average Bonchev–Trinajstić information content (AvgIpc) is 3.19. The number of amides is 4. The van der Waals surface area contributed by atoms with E-state index in [9.17, 15) is 14.4 Å². The number of nitrogens with zero attached hydrogens (tertiary/aromatic N) is 4. The van der Waals surface area contributed by atoms with Crippen molar-refractivity contribution in [2.45, 2.75) is 33.4 Å². The summed E-state index contributed by atoms with van der Waals surface area (Å²) in [5, 5.41) is 2.75. The highest BCUT2D eigenvalue weighted by molar-refractivity contribution is 5.97. The van der Waals surface area contributed by atoms with E-state index in [1.165, 1.54) is 4.90 Å². The Morgan fingerprint density at radius 2 is 1.76 bits per heavy atom. The van der Waals surface area contributed by atoms with Crippen molar-refractivity contribution in [3.63, 3.8) is 0 Å². The van der Waals surface area contributed by atoms with Crippen LogP contribution in [0.2, 0.25) is 0 Å². The summed E-state index contributed by atoms with van der Waals surface area (Å²) in [5.74, 6) is 0.489. The zero-order chi connectivity index (χ0) is 23.4. The number of hydrogen-bond donors (Lipinski definition) is 1. The normalized spacial score (nSPS) is 14.0. The van der Waals surface area contributed by atoms with E-state index in [1.54, 1.807) is 35.4 Å². The number of hydrogen-bond acceptors (Lipinski definition) is 4. The van der Waals surface area contributed by atoms with Crippen LogP contribution in [0.5, 0.6) is 0 Å². The van der Waals surface area contributed by atoms with Gasteiger partial charge in [0, 0.05) is 30.8 Å². The summed E-state index contributed by atoms with van der Waals surface area (Å²) in [6.45, 7) is 5.23. The van der Waals surface area contributed by atoms with Gasteiger partial charge in [0.2, 0.25) is 5.91 Å². The van der Waals surface area contributed by atoms with Crippen LogP contribution >= 0.6 is 0 Å². The molecule has 1 saturated heterocycles. The number of para-hydroxylation sites is 1. The summed E-state index contributed by atoms with van der Waals surface area (Å²) < 4.78 is 2.02. The maximum Gasteiger partial charge on any atom is 0.327 e. The Hall–Kier alpha value is -3.94. The number of aryl methyl sites for hydroxylation is 1. The lowest BCUT2D eigenvalue weighted by Gasteiger charge is -2.34. The second-order valence-corrected chi connectivity index (χ2v) is 7.96. The molecule has 0 spiro atoms. The largest absolute Gasteiger partial charge is 0.352 e. The third-order valence-electron chi connectivity index (χ3n) is 5.67. The fourth-order valence-corrected chi connectivity index (χ4v) is 3.98. The van der Waals surface area contributed by atoms with E-state index in [4.69, 9.17) is 0 Å². The first-order valence-corrected chi connectivity index (χ1v) is 11.0. The number of benzene rings is 2. The number of rotatable bonds is 7. The second kappa shape index (κ2) is 9.68. The molecule has 0 bridgehead atoms. The highest BCUT2D eigenvalue weighted by Gasteiger charge is 2.32. The van der Waals surface area contributed by atoms with Crippen molar-refractivity contribution in [2.24, 2.45) is 0 Å². The van der Waals surface area contributed by atoms with Crippen molar-refractivity contribution in [1.29, 1.82) is 0 Å². The first-order valence-electron chi connectivity index (χ1n) is 11.0. The molecule has 33 heavy (non-hydrogen) atoms. The average molecular weight is 446 g/mol. The number of aromatic nitrogens is 2. The van der Waals surface area contributed by atoms with Crippen LogP contribution in [0.25, 0.3) is 5.69 Å². The highest BCUT2D eigenvalue weighted by atomic mass is 16.2. The molecule has 0 atom stereocenters. The quantitative estimate of drug-likeness (QED) is 0.605. The SMILES string of the molecule is CCNC(=O)c1ccc(CN2C(=O)CCN(Cc3cnc(C)n3-c3ccccc3)C2=O)cc1. The van der Waals surface area contributed by atoms with Gasteiger partial charge in [-0.25, -0.2) is 9.78 Å². The molecule has 0 aliphatic carbocycles. The van der Waals surface area contributed by atoms with Crippen LogP contribution in [0.4, 0.5) is 4.79 Å². The maximum atomic E-state index is 13.2. The molecule has 0 saturated carbocycles. The summed E-state index contributed by atoms with van der Waals surface area (Å²) in [6.07, 6.45) is 2.04. The number of urea groups is 1. The summed E-state index contributed by atoms with van der Waals surface area (Å²) in [4.78, 5) is 45.1. The zero-order valence-corrected chi connectivity index (χ0v) is 18.8. The van der Waals surface area contributed by atoms with E-state index in [-0.39, 0.29) is 30.8 Å². The molecule has 0 unspecified atom stereocenters. The molecule has 1 aliphatic heterocycles. The molecule has 170 valence electrons. The third-order valence-corrected chi connectivity index (χ3v) is 5.67. The van der Waals surface area contributed by atoms with E-state index in [0.29, 0.717) is 25.2 Å². The van der Waals surface area contributed by atoms with E-state index < -0.39 is 0 Å². The standard InChI is InChI=1S/C25H27N5O3/c1-3-26-24(32)20-11-9-19(10-12-20)16-29-23(31)13-14-28(25(29)33)17-22-15-27-18(2)30(22)21-7-5-4-6-8-21/h4-12,15H,3,13-14,16-17H2,1-2H3,(H,26,32). The van der Waals surface area contributed by atoms with Crippen molar-refractivity contribution < 1.29 is 14.4 Å². The molecule has 4 amide bonds. The van der Waals surface area contributed by atoms with Gasteiger partial charge in [-0.3, -0.25) is 19.1 Å².